The number of phenols is 1. The van der Waals surface area contributed by atoms with Crippen molar-refractivity contribution in [3.8, 4) is 11.6 Å². The van der Waals surface area contributed by atoms with Crippen molar-refractivity contribution in [3.63, 3.8) is 0 Å². The summed E-state index contributed by atoms with van der Waals surface area (Å²) in [6.07, 6.45) is 21.6. The highest BCUT2D eigenvalue weighted by Gasteiger charge is 2.54. The molecule has 4 atom stereocenters. The standard InChI is InChI=1S/C47H65N7O6/c1-31(2)45(46(56)57-3)42-27-43(50-60-42)51-20-13-33(14-21-51)47(17-18-47)53-22-15-38(16-23-53)58-39-25-40(26-39)59-44-24-34(12-19-49-44)54-36-10-11-37(54)30-52(29-36)35(28-48)9-8-32-6-4-5-7-41(32)55/h4-9,12,19,24,27-28,31,33,36-40,43,45,50,55H,10-11,13-18,20-23,25-26,29-30,48H2,1-3H3. The van der Waals surface area contributed by atoms with E-state index >= 15 is 0 Å². The van der Waals surface area contributed by atoms with Gasteiger partial charge < -0.3 is 39.7 Å². The summed E-state index contributed by atoms with van der Waals surface area (Å²) >= 11 is 0. The number of aromatic hydroxyl groups is 1. The fourth-order valence-corrected chi connectivity index (χ4v) is 11.2. The van der Waals surface area contributed by atoms with Crippen molar-refractivity contribution in [1.29, 1.82) is 0 Å². The number of anilines is 1. The smallest absolute Gasteiger partial charge is 0.316 e. The van der Waals surface area contributed by atoms with Crippen LogP contribution in [0.5, 0.6) is 11.6 Å². The summed E-state index contributed by atoms with van der Waals surface area (Å²) in [6, 6.07) is 12.4. The second-order valence-corrected chi connectivity index (χ2v) is 18.6. The van der Waals surface area contributed by atoms with Crippen LogP contribution in [-0.2, 0) is 19.1 Å². The Kier molecular flexibility index (Phi) is 12.0. The number of ether oxygens (including phenoxy) is 3. The number of hydrogen-bond donors (Lipinski definition) is 3. The van der Waals surface area contributed by atoms with Crippen LogP contribution in [0.2, 0.25) is 0 Å². The molecule has 2 aliphatic carbocycles. The number of nitrogens with two attached hydrogens (primary N) is 1. The maximum atomic E-state index is 12.4. The lowest BCUT2D eigenvalue weighted by Crippen LogP contribution is -2.53. The van der Waals surface area contributed by atoms with Gasteiger partial charge in [0, 0.05) is 99.4 Å². The van der Waals surface area contributed by atoms with E-state index in [1.807, 2.05) is 50.4 Å². The highest BCUT2D eigenvalue weighted by atomic mass is 16.7. The Bertz CT molecular complexity index is 1900. The quantitative estimate of drug-likeness (QED) is 0.157. The Balaban J connectivity index is 0.702. The fourth-order valence-electron chi connectivity index (χ4n) is 11.2. The number of nitrogens with zero attached hydrogens (tertiary/aromatic N) is 5. The van der Waals surface area contributed by atoms with E-state index in [2.05, 4.69) is 48.3 Å². The first kappa shape index (κ1) is 41.1. The number of allylic oxidation sites excluding steroid dienone is 1. The summed E-state index contributed by atoms with van der Waals surface area (Å²) in [4.78, 5) is 33.1. The topological polar surface area (TPSA) is 138 Å². The molecule has 1 aromatic heterocycles. The maximum Gasteiger partial charge on any atom is 0.316 e. The average Bonchev–Trinajstić information content (AvgIpc) is 3.84. The molecule has 4 unspecified atom stereocenters. The molecule has 13 nitrogen and oxygen atoms in total. The number of benzene rings is 1. The monoisotopic (exact) mass is 823 g/mol. The second kappa shape index (κ2) is 17.6. The number of carbonyl (C=O) groups excluding carboxylic acids is 1. The van der Waals surface area contributed by atoms with Gasteiger partial charge in [-0.25, -0.2) is 4.98 Å². The SMILES string of the molecule is COC(=O)C(C1=CC(N2CCC(C3(N4CCC(OC5CC(Oc6cc(N7C8CCC7CN(C(C=Cc7ccccc7O)=CN)C8)ccn6)C5)CC4)CC3)CC2)NO1)C(C)C. The number of pyridine rings is 1. The third-order valence-electron chi connectivity index (χ3n) is 14.7. The normalized spacial score (nSPS) is 29.4. The number of aromatic nitrogens is 1. The van der Waals surface area contributed by atoms with E-state index in [9.17, 15) is 9.90 Å². The predicted octanol–water partition coefficient (Wildman–Crippen LogP) is 5.78. The van der Waals surface area contributed by atoms with Crippen LogP contribution in [0, 0.1) is 17.8 Å². The fraction of sp³-hybridized carbons (Fsp3) is 0.617. The Morgan fingerprint density at radius 2 is 1.72 bits per heavy atom. The van der Waals surface area contributed by atoms with Gasteiger partial charge in [0.25, 0.3) is 0 Å². The number of phenolic OH excluding ortho intramolecular Hbond substituents is 1. The van der Waals surface area contributed by atoms with Gasteiger partial charge in [-0.3, -0.25) is 14.6 Å². The van der Waals surface area contributed by atoms with Crippen LogP contribution in [0.3, 0.4) is 0 Å². The molecule has 60 heavy (non-hydrogen) atoms. The summed E-state index contributed by atoms with van der Waals surface area (Å²) in [5, 5.41) is 10.2. The highest BCUT2D eigenvalue weighted by Crippen LogP contribution is 2.52. The Hall–Kier alpha value is -4.30. The number of likely N-dealkylation sites (tertiary alicyclic amines) is 3. The molecule has 4 N–H and O–H groups in total. The minimum Gasteiger partial charge on any atom is -0.507 e. The molecule has 4 saturated heterocycles. The van der Waals surface area contributed by atoms with Gasteiger partial charge >= 0.3 is 5.97 Å². The van der Waals surface area contributed by atoms with Crippen LogP contribution in [0.1, 0.15) is 83.6 Å². The molecular weight excluding hydrogens is 759 g/mol. The number of carbonyl (C=O) groups is 1. The number of para-hydroxylation sites is 1. The van der Waals surface area contributed by atoms with E-state index in [0.717, 1.165) is 95.0 Å². The molecule has 324 valence electrons. The molecule has 2 saturated carbocycles. The molecule has 0 amide bonds. The lowest BCUT2D eigenvalue weighted by atomic mass is 9.84. The van der Waals surface area contributed by atoms with Crippen molar-refractivity contribution in [2.75, 3.05) is 51.3 Å². The van der Waals surface area contributed by atoms with E-state index < -0.39 is 0 Å². The van der Waals surface area contributed by atoms with Crippen molar-refractivity contribution in [1.82, 2.24) is 25.2 Å². The molecule has 13 heteroatoms. The van der Waals surface area contributed by atoms with Crippen molar-refractivity contribution >= 4 is 17.7 Å². The van der Waals surface area contributed by atoms with Gasteiger partial charge in [0.2, 0.25) is 5.88 Å². The summed E-state index contributed by atoms with van der Waals surface area (Å²) in [7, 11) is 1.44. The minimum absolute atomic E-state index is 0.00344. The Morgan fingerprint density at radius 3 is 2.38 bits per heavy atom. The zero-order valence-electron chi connectivity index (χ0n) is 35.7. The molecular formula is C47H65N7O6. The number of hydroxylamine groups is 1. The average molecular weight is 824 g/mol. The van der Waals surface area contributed by atoms with Crippen LogP contribution in [0.4, 0.5) is 5.69 Å². The summed E-state index contributed by atoms with van der Waals surface area (Å²) in [6.45, 7) is 10.1. The number of nitrogens with one attached hydrogen (secondary N) is 1. The van der Waals surface area contributed by atoms with Crippen molar-refractivity contribution in [3.05, 3.63) is 78.0 Å². The van der Waals surface area contributed by atoms with E-state index in [0.29, 0.717) is 35.4 Å². The zero-order valence-corrected chi connectivity index (χ0v) is 35.7. The van der Waals surface area contributed by atoms with Crippen molar-refractivity contribution < 1.29 is 28.9 Å². The van der Waals surface area contributed by atoms with Gasteiger partial charge in [0.1, 0.15) is 29.7 Å². The van der Waals surface area contributed by atoms with Gasteiger partial charge in [-0.05, 0) is 93.6 Å². The molecule has 1 aromatic carbocycles. The summed E-state index contributed by atoms with van der Waals surface area (Å²) < 4.78 is 18.2. The number of methoxy groups -OCH3 is 1. The lowest BCUT2D eigenvalue weighted by molar-refractivity contribution is -0.147. The van der Waals surface area contributed by atoms with Gasteiger partial charge in [-0.15, -0.1) is 5.48 Å². The van der Waals surface area contributed by atoms with Crippen LogP contribution < -0.4 is 20.9 Å². The third-order valence-corrected chi connectivity index (χ3v) is 14.7. The molecule has 0 radical (unpaired) electrons. The van der Waals surface area contributed by atoms with E-state index in [4.69, 9.17) is 24.8 Å². The van der Waals surface area contributed by atoms with Gasteiger partial charge in [-0.2, -0.15) is 0 Å². The molecule has 2 aromatic rings. The van der Waals surface area contributed by atoms with Crippen LogP contribution >= 0.6 is 0 Å². The van der Waals surface area contributed by atoms with Crippen LogP contribution in [0.25, 0.3) is 6.08 Å². The number of piperidine rings is 2. The summed E-state index contributed by atoms with van der Waals surface area (Å²) in [5.41, 5.74) is 12.6. The highest BCUT2D eigenvalue weighted by molar-refractivity contribution is 5.75. The first-order chi connectivity index (χ1) is 29.2. The summed E-state index contributed by atoms with van der Waals surface area (Å²) in [5.74, 6) is 1.84. The number of fused-ring (bicyclic) bond motifs is 2. The third kappa shape index (κ3) is 8.47. The Morgan fingerprint density at radius 1 is 0.983 bits per heavy atom. The van der Waals surface area contributed by atoms with Gasteiger partial charge in [0.05, 0.1) is 25.0 Å². The number of esters is 1. The predicted molar refractivity (Wildman–Crippen MR) is 230 cm³/mol. The first-order valence-electron chi connectivity index (χ1n) is 22.6. The van der Waals surface area contributed by atoms with E-state index in [-0.39, 0.29) is 41.9 Å². The molecule has 9 rings (SSSR count). The molecule has 5 aliphatic heterocycles. The van der Waals surface area contributed by atoms with E-state index in [1.54, 1.807) is 12.3 Å². The minimum atomic E-state index is -0.386. The van der Waals surface area contributed by atoms with Gasteiger partial charge in [0.15, 0.2) is 0 Å². The van der Waals surface area contributed by atoms with Crippen molar-refractivity contribution in [2.24, 2.45) is 23.5 Å². The Labute approximate surface area is 355 Å². The molecule has 7 aliphatic rings. The largest absolute Gasteiger partial charge is 0.507 e. The lowest BCUT2D eigenvalue weighted by Gasteiger charge is -2.46. The van der Waals surface area contributed by atoms with Crippen LogP contribution in [0.15, 0.2) is 72.4 Å². The van der Waals surface area contributed by atoms with Crippen LogP contribution in [-0.4, -0.2) is 119 Å². The number of hydrogen-bond acceptors (Lipinski definition) is 13. The van der Waals surface area contributed by atoms with E-state index in [1.165, 1.54) is 38.5 Å². The first-order valence-corrected chi connectivity index (χ1v) is 22.6. The molecule has 2 bridgehead atoms. The number of piperazine rings is 1. The molecule has 6 heterocycles. The van der Waals surface area contributed by atoms with Gasteiger partial charge in [-0.1, -0.05) is 32.0 Å². The molecule has 6 fully saturated rings. The molecule has 0 spiro atoms. The maximum absolute atomic E-state index is 12.4. The second-order valence-electron chi connectivity index (χ2n) is 18.6. The number of rotatable bonds is 14. The van der Waals surface area contributed by atoms with Crippen molar-refractivity contribution in [2.45, 2.75) is 120 Å². The zero-order chi connectivity index (χ0) is 41.4.